The van der Waals surface area contributed by atoms with Gasteiger partial charge in [0.15, 0.2) is 0 Å². The summed E-state index contributed by atoms with van der Waals surface area (Å²) >= 11 is 0. The van der Waals surface area contributed by atoms with Crippen LogP contribution in [0.3, 0.4) is 0 Å². The lowest BCUT2D eigenvalue weighted by atomic mass is 9.64. The molecule has 3 aliphatic carbocycles. The van der Waals surface area contributed by atoms with Crippen molar-refractivity contribution in [3.8, 4) is 5.75 Å². The predicted molar refractivity (Wildman–Crippen MR) is 129 cm³/mol. The number of benzene rings is 1. The van der Waals surface area contributed by atoms with Crippen molar-refractivity contribution in [3.63, 3.8) is 0 Å². The van der Waals surface area contributed by atoms with Crippen LogP contribution in [0.4, 0.5) is 0 Å². The van der Waals surface area contributed by atoms with E-state index in [2.05, 4.69) is 32.6 Å². The molecule has 0 aromatic heterocycles. The van der Waals surface area contributed by atoms with Gasteiger partial charge in [0.05, 0.1) is 0 Å². The number of rotatable bonds is 7. The molecule has 176 valence electrons. The Labute approximate surface area is 194 Å². The van der Waals surface area contributed by atoms with Crippen molar-refractivity contribution in [2.45, 2.75) is 65.4 Å². The van der Waals surface area contributed by atoms with E-state index in [1.807, 2.05) is 44.4 Å². The Morgan fingerprint density at radius 1 is 1.09 bits per heavy atom. The highest BCUT2D eigenvalue weighted by Crippen LogP contribution is 2.73. The molecule has 1 spiro atoms. The van der Waals surface area contributed by atoms with Gasteiger partial charge < -0.3 is 14.4 Å². The summed E-state index contributed by atoms with van der Waals surface area (Å²) in [5.74, 6) is 2.62. The van der Waals surface area contributed by atoms with Gasteiger partial charge in [-0.05, 0) is 99.6 Å². The Morgan fingerprint density at radius 2 is 1.81 bits per heavy atom. The molecule has 0 unspecified atom stereocenters. The molecule has 3 fully saturated rings. The summed E-state index contributed by atoms with van der Waals surface area (Å²) in [4.78, 5) is 14.9. The van der Waals surface area contributed by atoms with E-state index in [0.717, 1.165) is 36.1 Å². The fourth-order valence-electron chi connectivity index (χ4n) is 7.43. The highest BCUT2D eigenvalue weighted by atomic mass is 16.6. The number of carbonyl (C=O) groups is 1. The molecule has 4 heteroatoms. The van der Waals surface area contributed by atoms with E-state index in [1.54, 1.807) is 6.08 Å². The van der Waals surface area contributed by atoms with Crippen molar-refractivity contribution in [3.05, 3.63) is 35.9 Å². The van der Waals surface area contributed by atoms with Crippen molar-refractivity contribution in [2.24, 2.45) is 28.6 Å². The van der Waals surface area contributed by atoms with Gasteiger partial charge in [0.1, 0.15) is 18.0 Å². The monoisotopic (exact) mass is 439 g/mol. The number of hydrogen-bond acceptors (Lipinski definition) is 4. The summed E-state index contributed by atoms with van der Waals surface area (Å²) in [6.07, 6.45) is 9.53. The van der Waals surface area contributed by atoms with Crippen molar-refractivity contribution < 1.29 is 14.3 Å². The molecule has 32 heavy (non-hydrogen) atoms. The third kappa shape index (κ3) is 4.11. The van der Waals surface area contributed by atoms with Gasteiger partial charge in [-0.15, -0.1) is 0 Å². The minimum absolute atomic E-state index is 0.225. The standard InChI is InChI=1S/C28H41NO3/c1-20-7-13-23-26(2,3)24-19-28(20,23)16-15-27(24,4)32-25(30)14-10-21-8-11-22(12-9-21)31-18-17-29(5)6/h8-12,14,20,23-24H,7,13,15-19H2,1-6H3/b14-10+/t20-,23+,24-,27-,28+/m1/s1. The lowest BCUT2D eigenvalue weighted by Crippen LogP contribution is -2.47. The smallest absolute Gasteiger partial charge is 0.331 e. The van der Waals surface area contributed by atoms with Gasteiger partial charge in [0, 0.05) is 18.5 Å². The van der Waals surface area contributed by atoms with Gasteiger partial charge >= 0.3 is 5.97 Å². The van der Waals surface area contributed by atoms with Crippen LogP contribution in [-0.2, 0) is 9.53 Å². The molecule has 0 amide bonds. The second kappa shape index (κ2) is 8.52. The minimum Gasteiger partial charge on any atom is -0.492 e. The molecule has 2 bridgehead atoms. The van der Waals surface area contributed by atoms with E-state index >= 15 is 0 Å². The number of nitrogens with zero attached hydrogens (tertiary/aromatic N) is 1. The molecule has 0 saturated heterocycles. The van der Waals surface area contributed by atoms with Gasteiger partial charge in [0.25, 0.3) is 0 Å². The maximum Gasteiger partial charge on any atom is 0.331 e. The van der Waals surface area contributed by atoms with Crippen LogP contribution in [0.5, 0.6) is 5.75 Å². The van der Waals surface area contributed by atoms with Gasteiger partial charge in [-0.25, -0.2) is 4.79 Å². The third-order valence-electron chi connectivity index (χ3n) is 9.20. The van der Waals surface area contributed by atoms with Crippen molar-refractivity contribution in [1.82, 2.24) is 4.90 Å². The molecular weight excluding hydrogens is 398 g/mol. The highest BCUT2D eigenvalue weighted by Gasteiger charge is 2.68. The van der Waals surface area contributed by atoms with E-state index in [9.17, 15) is 4.79 Å². The van der Waals surface area contributed by atoms with Crippen LogP contribution in [0, 0.1) is 28.6 Å². The van der Waals surface area contributed by atoms with Crippen molar-refractivity contribution in [2.75, 3.05) is 27.2 Å². The molecule has 4 nitrogen and oxygen atoms in total. The summed E-state index contributed by atoms with van der Waals surface area (Å²) in [5.41, 5.74) is 1.30. The highest BCUT2D eigenvalue weighted by molar-refractivity contribution is 5.87. The van der Waals surface area contributed by atoms with Crippen LogP contribution in [0.1, 0.15) is 65.4 Å². The first kappa shape index (κ1) is 23.4. The number of hydrogen-bond donors (Lipinski definition) is 0. The molecule has 3 saturated carbocycles. The minimum atomic E-state index is -0.371. The van der Waals surface area contributed by atoms with Crippen LogP contribution in [-0.4, -0.2) is 43.7 Å². The zero-order chi connectivity index (χ0) is 23.1. The van der Waals surface area contributed by atoms with Gasteiger partial charge in [-0.3, -0.25) is 0 Å². The molecule has 0 radical (unpaired) electrons. The van der Waals surface area contributed by atoms with Gasteiger partial charge in [-0.1, -0.05) is 32.9 Å². The number of ether oxygens (including phenoxy) is 2. The summed E-state index contributed by atoms with van der Waals surface area (Å²) < 4.78 is 11.9. The quantitative estimate of drug-likeness (QED) is 0.397. The molecule has 4 rings (SSSR count). The van der Waals surface area contributed by atoms with Gasteiger partial charge in [0.2, 0.25) is 0 Å². The SMILES string of the molecule is C[C@@H]1CC[C@H]2C(C)(C)[C@H]3C[C@@]12CC[C@@]3(C)OC(=O)/C=C/c1ccc(OCCN(C)C)cc1. The Balaban J connectivity index is 1.37. The second-order valence-electron chi connectivity index (χ2n) is 11.6. The summed E-state index contributed by atoms with van der Waals surface area (Å²) in [6, 6.07) is 7.85. The predicted octanol–water partition coefficient (Wildman–Crippen LogP) is 5.81. The lowest BCUT2D eigenvalue weighted by molar-refractivity contribution is -0.167. The van der Waals surface area contributed by atoms with E-state index in [-0.39, 0.29) is 17.0 Å². The third-order valence-corrected chi connectivity index (χ3v) is 9.20. The molecule has 0 aliphatic heterocycles. The molecule has 5 atom stereocenters. The first-order valence-corrected chi connectivity index (χ1v) is 12.4. The van der Waals surface area contributed by atoms with Crippen LogP contribution < -0.4 is 4.74 Å². The van der Waals surface area contributed by atoms with Crippen LogP contribution in [0.2, 0.25) is 0 Å². The summed E-state index contributed by atoms with van der Waals surface area (Å²) in [6.45, 7) is 11.0. The Kier molecular flexibility index (Phi) is 6.21. The second-order valence-corrected chi connectivity index (χ2v) is 11.6. The largest absolute Gasteiger partial charge is 0.492 e. The Morgan fingerprint density at radius 3 is 2.50 bits per heavy atom. The molecule has 1 aromatic rings. The number of likely N-dealkylation sites (N-methyl/N-ethyl adjacent to an activating group) is 1. The van der Waals surface area contributed by atoms with Crippen molar-refractivity contribution >= 4 is 12.0 Å². The fourth-order valence-corrected chi connectivity index (χ4v) is 7.43. The number of carbonyl (C=O) groups excluding carboxylic acids is 1. The Bertz CT molecular complexity index is 858. The van der Waals surface area contributed by atoms with E-state index in [0.29, 0.717) is 17.9 Å². The first-order valence-electron chi connectivity index (χ1n) is 12.4. The van der Waals surface area contributed by atoms with Crippen LogP contribution in [0.15, 0.2) is 30.3 Å². The van der Waals surface area contributed by atoms with E-state index in [1.165, 1.54) is 25.7 Å². The van der Waals surface area contributed by atoms with E-state index < -0.39 is 0 Å². The lowest BCUT2D eigenvalue weighted by Gasteiger charge is -2.46. The molecule has 1 aromatic carbocycles. The maximum atomic E-state index is 12.8. The average Bonchev–Trinajstić information content (AvgIpc) is 3.15. The average molecular weight is 440 g/mol. The topological polar surface area (TPSA) is 38.8 Å². The number of fused-ring (bicyclic) bond motifs is 1. The summed E-state index contributed by atoms with van der Waals surface area (Å²) in [7, 11) is 4.06. The Hall–Kier alpha value is -1.81. The van der Waals surface area contributed by atoms with Crippen LogP contribution in [0.25, 0.3) is 6.08 Å². The van der Waals surface area contributed by atoms with Crippen molar-refractivity contribution in [1.29, 1.82) is 0 Å². The summed E-state index contributed by atoms with van der Waals surface area (Å²) in [5, 5.41) is 0. The normalized spacial score (nSPS) is 35.3. The number of esters is 1. The van der Waals surface area contributed by atoms with Crippen LogP contribution >= 0.6 is 0 Å². The fraction of sp³-hybridized carbons (Fsp3) is 0.679. The molecular formula is C28H41NO3. The molecule has 0 N–H and O–H groups in total. The first-order chi connectivity index (χ1) is 15.1. The maximum absolute atomic E-state index is 12.8. The zero-order valence-electron chi connectivity index (χ0n) is 20.8. The molecule has 3 aliphatic rings. The molecule has 0 heterocycles. The van der Waals surface area contributed by atoms with E-state index in [4.69, 9.17) is 9.47 Å². The zero-order valence-corrected chi connectivity index (χ0v) is 20.8. The van der Waals surface area contributed by atoms with Gasteiger partial charge in [-0.2, -0.15) is 0 Å².